The molecule has 3 aromatic carbocycles. The fourth-order valence-electron chi connectivity index (χ4n) is 4.83. The largest absolute Gasteiger partial charge is 0.420 e. The van der Waals surface area contributed by atoms with Crippen molar-refractivity contribution >= 4 is 28.9 Å². The van der Waals surface area contributed by atoms with Crippen LogP contribution in [-0.4, -0.2) is 24.5 Å². The van der Waals surface area contributed by atoms with E-state index < -0.39 is 4.92 Å². The fourth-order valence-corrected chi connectivity index (χ4v) is 5.26. The second-order valence-electron chi connectivity index (χ2n) is 8.72. The molecule has 0 amide bonds. The Balaban J connectivity index is 1.64. The van der Waals surface area contributed by atoms with Gasteiger partial charge in [0.15, 0.2) is 0 Å². The number of benzene rings is 3. The lowest BCUT2D eigenvalue weighted by Crippen LogP contribution is -2.14. The number of non-ortho nitro benzene ring substituents is 1. The van der Waals surface area contributed by atoms with E-state index in [4.69, 9.17) is 38.1 Å². The van der Waals surface area contributed by atoms with Gasteiger partial charge in [-0.2, -0.15) is 19.6 Å². The molecule has 0 atom stereocenters. The molecule has 0 aliphatic carbocycles. The van der Waals surface area contributed by atoms with Gasteiger partial charge in [-0.25, -0.2) is 0 Å². The van der Waals surface area contributed by atoms with Gasteiger partial charge in [0.05, 0.1) is 37.7 Å². The van der Waals surface area contributed by atoms with Gasteiger partial charge in [-0.3, -0.25) is 10.1 Å². The Kier molecular flexibility index (Phi) is 5.51. The molecule has 0 bridgehead atoms. The minimum atomic E-state index is -0.411. The molecule has 37 heavy (non-hydrogen) atoms. The van der Waals surface area contributed by atoms with Crippen molar-refractivity contribution in [2.45, 2.75) is 19.8 Å². The standard InChI is InChI=1S/C27H19Cl2N5O3/c1-15-23-25(17-11-13-18(14-12-17)34(35)36)24-16(2)31-33(22-10-6-4-8-20(22)29)27(24)37-26(23)32(30-15)21-9-5-3-7-19(21)28/h3-14,25H,1-2H3. The predicted octanol–water partition coefficient (Wildman–Crippen LogP) is 7.18. The van der Waals surface area contributed by atoms with E-state index in [0.29, 0.717) is 33.2 Å². The Hall–Kier alpha value is -4.14. The Bertz CT molecular complexity index is 1600. The molecule has 8 nitrogen and oxygen atoms in total. The summed E-state index contributed by atoms with van der Waals surface area (Å²) in [5.74, 6) is 0.649. The van der Waals surface area contributed by atoms with Crippen molar-refractivity contribution in [3.05, 3.63) is 121 Å². The van der Waals surface area contributed by atoms with Crippen LogP contribution >= 0.6 is 23.2 Å². The number of rotatable bonds is 4. The van der Waals surface area contributed by atoms with E-state index in [1.54, 1.807) is 33.6 Å². The van der Waals surface area contributed by atoms with E-state index >= 15 is 0 Å². The second kappa shape index (κ2) is 8.76. The molecule has 6 rings (SSSR count). The van der Waals surface area contributed by atoms with Gasteiger partial charge in [0.25, 0.3) is 5.69 Å². The molecule has 0 N–H and O–H groups in total. The van der Waals surface area contributed by atoms with Crippen LogP contribution in [0, 0.1) is 24.0 Å². The third kappa shape index (κ3) is 3.68. The first-order valence-electron chi connectivity index (χ1n) is 11.5. The lowest BCUT2D eigenvalue weighted by Gasteiger charge is -2.26. The minimum Gasteiger partial charge on any atom is -0.420 e. The molecular weight excluding hydrogens is 513 g/mol. The van der Waals surface area contributed by atoms with Crippen molar-refractivity contribution in [2.24, 2.45) is 0 Å². The summed E-state index contributed by atoms with van der Waals surface area (Å²) in [6.45, 7) is 3.82. The first-order valence-corrected chi connectivity index (χ1v) is 12.2. The van der Waals surface area contributed by atoms with Gasteiger partial charge in [0.2, 0.25) is 11.8 Å². The number of aryl methyl sites for hydroxylation is 2. The summed E-state index contributed by atoms with van der Waals surface area (Å²) in [5, 5.41) is 21.9. The molecule has 0 fully saturated rings. The molecule has 0 radical (unpaired) electrons. The predicted molar refractivity (Wildman–Crippen MR) is 141 cm³/mol. The zero-order valence-corrected chi connectivity index (χ0v) is 21.2. The molecule has 5 aromatic rings. The molecular formula is C27H19Cl2N5O3. The van der Waals surface area contributed by atoms with Crippen LogP contribution in [0.2, 0.25) is 10.0 Å². The summed E-state index contributed by atoms with van der Waals surface area (Å²) in [7, 11) is 0. The summed E-state index contributed by atoms with van der Waals surface area (Å²) in [5.41, 5.74) is 5.36. The van der Waals surface area contributed by atoms with Crippen molar-refractivity contribution in [2.75, 3.05) is 0 Å². The topological polar surface area (TPSA) is 88.0 Å². The number of aromatic nitrogens is 4. The van der Waals surface area contributed by atoms with Crippen molar-refractivity contribution in [3.63, 3.8) is 0 Å². The maximum absolute atomic E-state index is 11.3. The maximum Gasteiger partial charge on any atom is 0.269 e. The summed E-state index contributed by atoms with van der Waals surface area (Å²) in [6.07, 6.45) is 0. The molecule has 0 unspecified atom stereocenters. The number of halogens is 2. The van der Waals surface area contributed by atoms with E-state index in [-0.39, 0.29) is 11.6 Å². The van der Waals surface area contributed by atoms with Crippen molar-refractivity contribution in [3.8, 4) is 23.1 Å². The minimum absolute atomic E-state index is 0.0169. The summed E-state index contributed by atoms with van der Waals surface area (Å²) < 4.78 is 9.97. The average molecular weight is 532 g/mol. The number of nitro benzene ring substituents is 1. The number of para-hydroxylation sites is 2. The van der Waals surface area contributed by atoms with Crippen LogP contribution in [0.3, 0.4) is 0 Å². The fraction of sp³-hybridized carbons (Fsp3) is 0.111. The first-order chi connectivity index (χ1) is 17.8. The van der Waals surface area contributed by atoms with Crippen molar-refractivity contribution < 1.29 is 9.66 Å². The van der Waals surface area contributed by atoms with Crippen LogP contribution in [0.5, 0.6) is 11.8 Å². The highest BCUT2D eigenvalue weighted by Crippen LogP contribution is 2.51. The highest BCUT2D eigenvalue weighted by Gasteiger charge is 2.39. The van der Waals surface area contributed by atoms with Crippen LogP contribution in [0.4, 0.5) is 5.69 Å². The summed E-state index contributed by atoms with van der Waals surface area (Å²) >= 11 is 13.1. The molecule has 1 aliphatic heterocycles. The molecule has 2 aromatic heterocycles. The lowest BCUT2D eigenvalue weighted by molar-refractivity contribution is -0.384. The number of ether oxygens (including phenoxy) is 1. The molecule has 0 spiro atoms. The molecule has 0 saturated carbocycles. The highest BCUT2D eigenvalue weighted by atomic mass is 35.5. The second-order valence-corrected chi connectivity index (χ2v) is 9.53. The SMILES string of the molecule is Cc1nn(-c2ccccc2Cl)c2c1C(c1ccc([N+](=O)[O-])cc1)c1c(C)nn(-c3ccccc3Cl)c1O2. The van der Waals surface area contributed by atoms with E-state index in [1.807, 2.05) is 50.2 Å². The summed E-state index contributed by atoms with van der Waals surface area (Å²) in [4.78, 5) is 10.9. The zero-order valence-electron chi connectivity index (χ0n) is 19.7. The number of hydrogen-bond acceptors (Lipinski definition) is 5. The number of fused-ring (bicyclic) bond motifs is 2. The molecule has 10 heteroatoms. The molecule has 3 heterocycles. The van der Waals surface area contributed by atoms with Gasteiger partial charge in [-0.05, 0) is 43.7 Å². The van der Waals surface area contributed by atoms with E-state index in [2.05, 4.69) is 0 Å². The summed E-state index contributed by atoms with van der Waals surface area (Å²) in [6, 6.07) is 21.3. The van der Waals surface area contributed by atoms with Gasteiger partial charge >= 0.3 is 0 Å². The monoisotopic (exact) mass is 531 g/mol. The highest BCUT2D eigenvalue weighted by molar-refractivity contribution is 6.32. The van der Waals surface area contributed by atoms with Crippen molar-refractivity contribution in [1.29, 1.82) is 0 Å². The Labute approximate surface area is 221 Å². The number of hydrogen-bond donors (Lipinski definition) is 0. The Morgan fingerprint density at radius 2 is 1.24 bits per heavy atom. The Morgan fingerprint density at radius 3 is 1.68 bits per heavy atom. The van der Waals surface area contributed by atoms with Crippen LogP contribution in [0.1, 0.15) is 34.0 Å². The molecule has 1 aliphatic rings. The normalized spacial score (nSPS) is 12.6. The Morgan fingerprint density at radius 1 is 0.784 bits per heavy atom. The smallest absolute Gasteiger partial charge is 0.269 e. The average Bonchev–Trinajstić information content (AvgIpc) is 3.40. The maximum atomic E-state index is 11.3. The molecule has 0 saturated heterocycles. The van der Waals surface area contributed by atoms with Gasteiger partial charge in [0, 0.05) is 29.2 Å². The van der Waals surface area contributed by atoms with E-state index in [1.165, 1.54) is 12.1 Å². The van der Waals surface area contributed by atoms with Crippen LogP contribution in [0.25, 0.3) is 11.4 Å². The van der Waals surface area contributed by atoms with Crippen LogP contribution in [-0.2, 0) is 0 Å². The third-order valence-electron chi connectivity index (χ3n) is 6.49. The van der Waals surface area contributed by atoms with Gasteiger partial charge < -0.3 is 4.74 Å². The zero-order chi connectivity index (χ0) is 25.8. The van der Waals surface area contributed by atoms with Gasteiger partial charge in [-0.15, -0.1) is 0 Å². The number of nitro groups is 1. The van der Waals surface area contributed by atoms with Crippen LogP contribution < -0.4 is 4.74 Å². The van der Waals surface area contributed by atoms with Crippen LogP contribution in [0.15, 0.2) is 72.8 Å². The van der Waals surface area contributed by atoms with E-state index in [9.17, 15) is 10.1 Å². The van der Waals surface area contributed by atoms with Crippen molar-refractivity contribution in [1.82, 2.24) is 19.6 Å². The molecule has 184 valence electrons. The van der Waals surface area contributed by atoms with Gasteiger partial charge in [0.1, 0.15) is 0 Å². The third-order valence-corrected chi connectivity index (χ3v) is 7.13. The van der Waals surface area contributed by atoms with Gasteiger partial charge in [-0.1, -0.05) is 59.6 Å². The number of nitrogens with zero attached hydrogens (tertiary/aromatic N) is 5. The lowest BCUT2D eigenvalue weighted by atomic mass is 9.83. The quantitative estimate of drug-likeness (QED) is 0.177. The first kappa shape index (κ1) is 23.3. The van der Waals surface area contributed by atoms with E-state index in [0.717, 1.165) is 28.1 Å².